The Labute approximate surface area is 58.5 Å². The minimum Gasteiger partial charge on any atom is -0.444 e. The maximum atomic E-state index is 5.64. The molecule has 0 spiro atoms. The monoisotopic (exact) mass is 136 g/mol. The van der Waals surface area contributed by atoms with Crippen LogP contribution in [0.2, 0.25) is 0 Å². The van der Waals surface area contributed by atoms with Crippen LogP contribution in [-0.2, 0) is 6.42 Å². The molecular formula is C7H8N2O. The van der Waals surface area contributed by atoms with Crippen LogP contribution in [0.15, 0.2) is 16.9 Å². The Morgan fingerprint density at radius 1 is 1.70 bits per heavy atom. The van der Waals surface area contributed by atoms with Gasteiger partial charge in [-0.1, -0.05) is 6.08 Å². The van der Waals surface area contributed by atoms with Gasteiger partial charge in [0.15, 0.2) is 6.39 Å². The number of fused-ring (bicyclic) bond motifs is 1. The summed E-state index contributed by atoms with van der Waals surface area (Å²) >= 11 is 0. The van der Waals surface area contributed by atoms with Crippen molar-refractivity contribution in [1.82, 2.24) is 4.98 Å². The minimum absolute atomic E-state index is 0.109. The largest absolute Gasteiger partial charge is 0.444 e. The molecule has 2 N–H and O–H groups in total. The molecule has 2 rings (SSSR count). The highest BCUT2D eigenvalue weighted by Gasteiger charge is 2.12. The molecular weight excluding hydrogens is 128 g/mol. The number of hydrogen-bond acceptors (Lipinski definition) is 3. The molecule has 52 valence electrons. The van der Waals surface area contributed by atoms with Crippen LogP contribution in [0.1, 0.15) is 11.5 Å². The van der Waals surface area contributed by atoms with Crippen LogP contribution < -0.4 is 5.73 Å². The molecule has 1 aliphatic rings. The molecule has 0 aliphatic heterocycles. The fourth-order valence-corrected chi connectivity index (χ4v) is 1.07. The summed E-state index contributed by atoms with van der Waals surface area (Å²) in [6.45, 7) is 0. The lowest BCUT2D eigenvalue weighted by Gasteiger charge is -2.07. The molecule has 1 heterocycles. The van der Waals surface area contributed by atoms with Gasteiger partial charge in [0.1, 0.15) is 5.76 Å². The number of oxazole rings is 1. The number of hydrogen-bond donors (Lipinski definition) is 1. The molecule has 1 aliphatic carbocycles. The third kappa shape index (κ3) is 0.752. The number of rotatable bonds is 0. The van der Waals surface area contributed by atoms with E-state index in [0.717, 1.165) is 17.9 Å². The molecule has 0 radical (unpaired) electrons. The lowest BCUT2D eigenvalue weighted by molar-refractivity contribution is 0.543. The SMILES string of the molecule is NC1C=Cc2ocnc2C1. The van der Waals surface area contributed by atoms with Crippen molar-refractivity contribution >= 4 is 6.08 Å². The van der Waals surface area contributed by atoms with Gasteiger partial charge >= 0.3 is 0 Å². The Hall–Kier alpha value is -1.09. The summed E-state index contributed by atoms with van der Waals surface area (Å²) in [4.78, 5) is 4.01. The van der Waals surface area contributed by atoms with E-state index in [2.05, 4.69) is 4.98 Å². The smallest absolute Gasteiger partial charge is 0.181 e. The maximum Gasteiger partial charge on any atom is 0.181 e. The van der Waals surface area contributed by atoms with Gasteiger partial charge in [-0.05, 0) is 6.08 Å². The molecule has 0 saturated carbocycles. The average molecular weight is 136 g/mol. The van der Waals surface area contributed by atoms with E-state index in [1.807, 2.05) is 12.2 Å². The van der Waals surface area contributed by atoms with Gasteiger partial charge in [-0.2, -0.15) is 0 Å². The van der Waals surface area contributed by atoms with Crippen molar-refractivity contribution in [2.75, 3.05) is 0 Å². The van der Waals surface area contributed by atoms with E-state index >= 15 is 0 Å². The van der Waals surface area contributed by atoms with Crippen LogP contribution in [0.4, 0.5) is 0 Å². The lowest BCUT2D eigenvalue weighted by atomic mass is 10.1. The summed E-state index contributed by atoms with van der Waals surface area (Å²) in [6, 6.07) is 0.109. The maximum absolute atomic E-state index is 5.64. The molecule has 0 aromatic carbocycles. The van der Waals surface area contributed by atoms with Crippen molar-refractivity contribution in [3.63, 3.8) is 0 Å². The quantitative estimate of drug-likeness (QED) is 0.567. The molecule has 0 bridgehead atoms. The molecule has 0 fully saturated rings. The number of nitrogens with zero attached hydrogens (tertiary/aromatic N) is 1. The van der Waals surface area contributed by atoms with E-state index in [4.69, 9.17) is 10.2 Å². The first-order valence-corrected chi connectivity index (χ1v) is 3.22. The lowest BCUT2D eigenvalue weighted by Crippen LogP contribution is -2.22. The van der Waals surface area contributed by atoms with E-state index < -0.39 is 0 Å². The van der Waals surface area contributed by atoms with E-state index in [9.17, 15) is 0 Å². The van der Waals surface area contributed by atoms with Gasteiger partial charge in [-0.25, -0.2) is 4.98 Å². The fraction of sp³-hybridized carbons (Fsp3) is 0.286. The van der Waals surface area contributed by atoms with Crippen molar-refractivity contribution in [1.29, 1.82) is 0 Å². The summed E-state index contributed by atoms with van der Waals surface area (Å²) in [5, 5.41) is 0. The Morgan fingerprint density at radius 2 is 2.60 bits per heavy atom. The van der Waals surface area contributed by atoms with E-state index in [-0.39, 0.29) is 6.04 Å². The summed E-state index contributed by atoms with van der Waals surface area (Å²) in [5.74, 6) is 0.849. The fourth-order valence-electron chi connectivity index (χ4n) is 1.07. The summed E-state index contributed by atoms with van der Waals surface area (Å²) < 4.78 is 5.05. The molecule has 1 atom stereocenters. The molecule has 10 heavy (non-hydrogen) atoms. The third-order valence-corrected chi connectivity index (χ3v) is 1.60. The molecule has 1 aromatic rings. The molecule has 0 saturated heterocycles. The molecule has 3 nitrogen and oxygen atoms in total. The second kappa shape index (κ2) is 1.95. The zero-order valence-electron chi connectivity index (χ0n) is 5.45. The summed E-state index contributed by atoms with van der Waals surface area (Å²) in [6.07, 6.45) is 6.04. The second-order valence-corrected chi connectivity index (χ2v) is 2.39. The first-order valence-electron chi connectivity index (χ1n) is 3.22. The Balaban J connectivity index is 2.43. The van der Waals surface area contributed by atoms with Gasteiger partial charge in [-0.3, -0.25) is 0 Å². The summed E-state index contributed by atoms with van der Waals surface area (Å²) in [5.41, 5.74) is 6.61. The van der Waals surface area contributed by atoms with E-state index in [1.54, 1.807) is 0 Å². The van der Waals surface area contributed by atoms with E-state index in [1.165, 1.54) is 6.39 Å². The molecule has 1 aromatic heterocycles. The van der Waals surface area contributed by atoms with Gasteiger partial charge < -0.3 is 10.2 Å². The summed E-state index contributed by atoms with van der Waals surface area (Å²) in [7, 11) is 0. The molecule has 0 amide bonds. The van der Waals surface area contributed by atoms with Crippen LogP contribution >= 0.6 is 0 Å². The molecule has 3 heteroatoms. The van der Waals surface area contributed by atoms with Gasteiger partial charge in [-0.15, -0.1) is 0 Å². The number of aromatic nitrogens is 1. The van der Waals surface area contributed by atoms with Crippen LogP contribution in [0.25, 0.3) is 6.08 Å². The van der Waals surface area contributed by atoms with Crippen LogP contribution in [0, 0.1) is 0 Å². The third-order valence-electron chi connectivity index (χ3n) is 1.60. The second-order valence-electron chi connectivity index (χ2n) is 2.39. The highest BCUT2D eigenvalue weighted by atomic mass is 16.3. The van der Waals surface area contributed by atoms with Gasteiger partial charge in [0.2, 0.25) is 0 Å². The highest BCUT2D eigenvalue weighted by Crippen LogP contribution is 2.15. The van der Waals surface area contributed by atoms with Crippen LogP contribution in [0.5, 0.6) is 0 Å². The van der Waals surface area contributed by atoms with Crippen molar-refractivity contribution < 1.29 is 4.42 Å². The zero-order chi connectivity index (χ0) is 6.97. The standard InChI is InChI=1S/C7H8N2O/c8-5-1-2-7-6(3-5)9-4-10-7/h1-2,4-5H,3,8H2. The van der Waals surface area contributed by atoms with Crippen LogP contribution in [-0.4, -0.2) is 11.0 Å². The predicted molar refractivity (Wildman–Crippen MR) is 37.2 cm³/mol. The van der Waals surface area contributed by atoms with Crippen molar-refractivity contribution in [3.05, 3.63) is 23.9 Å². The average Bonchev–Trinajstić information content (AvgIpc) is 2.33. The highest BCUT2D eigenvalue weighted by molar-refractivity contribution is 5.49. The van der Waals surface area contributed by atoms with Gasteiger partial charge in [0.05, 0.1) is 5.69 Å². The Morgan fingerprint density at radius 3 is 3.50 bits per heavy atom. The topological polar surface area (TPSA) is 52.0 Å². The Kier molecular flexibility index (Phi) is 1.11. The zero-order valence-corrected chi connectivity index (χ0v) is 5.45. The Bertz CT molecular complexity index is 264. The van der Waals surface area contributed by atoms with Crippen molar-refractivity contribution in [3.8, 4) is 0 Å². The first kappa shape index (κ1) is 5.68. The first-order chi connectivity index (χ1) is 4.86. The van der Waals surface area contributed by atoms with Gasteiger partial charge in [0.25, 0.3) is 0 Å². The van der Waals surface area contributed by atoms with Crippen molar-refractivity contribution in [2.45, 2.75) is 12.5 Å². The van der Waals surface area contributed by atoms with E-state index in [0.29, 0.717) is 0 Å². The van der Waals surface area contributed by atoms with Crippen LogP contribution in [0.3, 0.4) is 0 Å². The van der Waals surface area contributed by atoms with Gasteiger partial charge in [0, 0.05) is 12.5 Å². The molecule has 1 unspecified atom stereocenters. The normalized spacial score (nSPS) is 22.7. The number of nitrogens with two attached hydrogens (primary N) is 1. The predicted octanol–water partition coefficient (Wildman–Crippen LogP) is 0.571. The van der Waals surface area contributed by atoms with Crippen molar-refractivity contribution in [2.24, 2.45) is 5.73 Å². The minimum atomic E-state index is 0.109.